The molecule has 0 saturated carbocycles. The van der Waals surface area contributed by atoms with Crippen LogP contribution in [0.1, 0.15) is 39.4 Å². The fraction of sp³-hybridized carbons (Fsp3) is 0.467. The number of nitrogens with one attached hydrogen (secondary N) is 1. The van der Waals surface area contributed by atoms with E-state index < -0.39 is 24.5 Å². The molecular formula is C15H19NO7S. The van der Waals surface area contributed by atoms with Crippen LogP contribution in [0.3, 0.4) is 0 Å². The van der Waals surface area contributed by atoms with E-state index in [1.165, 1.54) is 14.0 Å². The summed E-state index contributed by atoms with van der Waals surface area (Å²) in [5.74, 6) is -2.19. The first-order valence-corrected chi connectivity index (χ1v) is 7.89. The van der Waals surface area contributed by atoms with Crippen molar-refractivity contribution >= 4 is 40.0 Å². The van der Waals surface area contributed by atoms with Gasteiger partial charge >= 0.3 is 11.9 Å². The van der Waals surface area contributed by atoms with E-state index in [0.717, 1.165) is 11.3 Å². The lowest BCUT2D eigenvalue weighted by molar-refractivity contribution is -0.150. The second-order valence-corrected chi connectivity index (χ2v) is 5.70. The van der Waals surface area contributed by atoms with Crippen LogP contribution in [0.5, 0.6) is 0 Å². The summed E-state index contributed by atoms with van der Waals surface area (Å²) in [6, 6.07) is 0. The molecule has 0 radical (unpaired) electrons. The fourth-order valence-electron chi connectivity index (χ4n) is 1.85. The van der Waals surface area contributed by atoms with Gasteiger partial charge in [0.2, 0.25) is 0 Å². The van der Waals surface area contributed by atoms with Gasteiger partial charge in [-0.2, -0.15) is 0 Å². The minimum absolute atomic E-state index is 0.128. The maximum absolute atomic E-state index is 12.1. The van der Waals surface area contributed by atoms with Crippen LogP contribution >= 0.6 is 11.3 Å². The number of ether oxygens (including phenoxy) is 3. The first-order valence-electron chi connectivity index (χ1n) is 7.07. The van der Waals surface area contributed by atoms with Crippen LogP contribution in [0.2, 0.25) is 0 Å². The lowest BCUT2D eigenvalue weighted by Crippen LogP contribution is -2.23. The van der Waals surface area contributed by atoms with E-state index in [-0.39, 0.29) is 29.6 Å². The van der Waals surface area contributed by atoms with Crippen LogP contribution in [0, 0.1) is 6.92 Å². The standard InChI is InChI=1S/C15H19NO7S/c1-5-22-15(20)12-8(2)13(9(3)17)24-14(12)16-10(18)6-23-11(19)7-21-4/h5-7H2,1-4H3,(H,16,18). The average molecular weight is 357 g/mol. The average Bonchev–Trinajstić information content (AvgIpc) is 2.82. The Hall–Kier alpha value is -2.26. The number of anilines is 1. The Balaban J connectivity index is 2.95. The Morgan fingerprint density at radius 3 is 2.33 bits per heavy atom. The van der Waals surface area contributed by atoms with Crippen molar-refractivity contribution in [1.29, 1.82) is 0 Å². The first-order chi connectivity index (χ1) is 11.3. The molecule has 24 heavy (non-hydrogen) atoms. The summed E-state index contributed by atoms with van der Waals surface area (Å²) in [5.41, 5.74) is 0.571. The van der Waals surface area contributed by atoms with Gasteiger partial charge in [0.1, 0.15) is 11.6 Å². The zero-order valence-corrected chi connectivity index (χ0v) is 14.7. The second kappa shape index (κ2) is 9.14. The number of Topliss-reactive ketones (excluding diaryl/α,β-unsaturated/α-hetero) is 1. The maximum Gasteiger partial charge on any atom is 0.341 e. The zero-order chi connectivity index (χ0) is 18.3. The summed E-state index contributed by atoms with van der Waals surface area (Å²) >= 11 is 0.974. The SMILES string of the molecule is CCOC(=O)c1c(NC(=O)COC(=O)COC)sc(C(C)=O)c1C. The highest BCUT2D eigenvalue weighted by Gasteiger charge is 2.25. The van der Waals surface area contributed by atoms with Gasteiger partial charge in [-0.25, -0.2) is 9.59 Å². The monoisotopic (exact) mass is 357 g/mol. The summed E-state index contributed by atoms with van der Waals surface area (Å²) in [7, 11) is 1.32. The van der Waals surface area contributed by atoms with Gasteiger partial charge in [-0.3, -0.25) is 9.59 Å². The normalized spacial score (nSPS) is 10.2. The molecule has 132 valence electrons. The van der Waals surface area contributed by atoms with Crippen molar-refractivity contribution in [2.75, 3.05) is 32.2 Å². The van der Waals surface area contributed by atoms with E-state index in [9.17, 15) is 19.2 Å². The molecule has 0 aliphatic heterocycles. The predicted octanol–water partition coefficient (Wildman–Crippen LogP) is 1.56. The highest BCUT2D eigenvalue weighted by Crippen LogP contribution is 2.34. The lowest BCUT2D eigenvalue weighted by Gasteiger charge is -2.07. The smallest absolute Gasteiger partial charge is 0.341 e. The second-order valence-electron chi connectivity index (χ2n) is 4.68. The topological polar surface area (TPSA) is 108 Å². The van der Waals surface area contributed by atoms with Crippen molar-refractivity contribution in [3.05, 3.63) is 16.0 Å². The van der Waals surface area contributed by atoms with Crippen LogP contribution in [0.4, 0.5) is 5.00 Å². The van der Waals surface area contributed by atoms with Crippen molar-refractivity contribution in [2.24, 2.45) is 0 Å². The molecule has 1 aromatic rings. The molecule has 0 aliphatic rings. The van der Waals surface area contributed by atoms with E-state index in [1.54, 1.807) is 13.8 Å². The molecule has 0 fully saturated rings. The van der Waals surface area contributed by atoms with Gasteiger partial charge in [-0.1, -0.05) is 0 Å². The molecule has 1 rings (SSSR count). The number of thiophene rings is 1. The summed E-state index contributed by atoms with van der Waals surface area (Å²) < 4.78 is 14.2. The van der Waals surface area contributed by atoms with Crippen LogP contribution in [0.15, 0.2) is 0 Å². The van der Waals surface area contributed by atoms with E-state index in [0.29, 0.717) is 10.4 Å². The molecule has 0 atom stereocenters. The van der Waals surface area contributed by atoms with Gasteiger partial charge in [0.25, 0.3) is 5.91 Å². The largest absolute Gasteiger partial charge is 0.462 e. The number of hydrogen-bond acceptors (Lipinski definition) is 8. The number of esters is 2. The van der Waals surface area contributed by atoms with Crippen LogP contribution in [-0.4, -0.2) is 50.6 Å². The fourth-order valence-corrected chi connectivity index (χ4v) is 2.96. The van der Waals surface area contributed by atoms with Crippen molar-refractivity contribution in [3.8, 4) is 0 Å². The molecule has 0 bridgehead atoms. The molecule has 0 saturated heterocycles. The number of rotatable bonds is 8. The Bertz CT molecular complexity index is 650. The number of carbonyl (C=O) groups excluding carboxylic acids is 4. The molecule has 1 amide bonds. The molecular weight excluding hydrogens is 338 g/mol. The van der Waals surface area contributed by atoms with Crippen LogP contribution in [0.25, 0.3) is 0 Å². The minimum atomic E-state index is -0.690. The van der Waals surface area contributed by atoms with Gasteiger partial charge in [0.15, 0.2) is 12.4 Å². The maximum atomic E-state index is 12.1. The summed E-state index contributed by atoms with van der Waals surface area (Å²) in [6.45, 7) is 3.98. The highest BCUT2D eigenvalue weighted by atomic mass is 32.1. The Labute approximate surface area is 143 Å². The molecule has 0 aromatic carbocycles. The molecule has 0 unspecified atom stereocenters. The highest BCUT2D eigenvalue weighted by molar-refractivity contribution is 7.18. The Morgan fingerprint density at radius 1 is 1.12 bits per heavy atom. The van der Waals surface area contributed by atoms with E-state index in [1.807, 2.05) is 0 Å². The number of carbonyl (C=O) groups is 4. The van der Waals surface area contributed by atoms with Gasteiger partial charge in [0.05, 0.1) is 17.0 Å². The summed E-state index contributed by atoms with van der Waals surface area (Å²) in [4.78, 5) is 47.1. The van der Waals surface area contributed by atoms with Gasteiger partial charge in [-0.15, -0.1) is 11.3 Å². The summed E-state index contributed by atoms with van der Waals surface area (Å²) in [5, 5.41) is 2.66. The molecule has 1 heterocycles. The molecule has 0 spiro atoms. The molecule has 1 N–H and O–H groups in total. The number of ketones is 1. The molecule has 0 aliphatic carbocycles. The van der Waals surface area contributed by atoms with E-state index in [4.69, 9.17) is 9.47 Å². The minimum Gasteiger partial charge on any atom is -0.462 e. The van der Waals surface area contributed by atoms with Crippen molar-refractivity contribution < 1.29 is 33.4 Å². The molecule has 9 heteroatoms. The Kier molecular flexibility index (Phi) is 7.53. The third-order valence-corrected chi connectivity index (χ3v) is 4.13. The van der Waals surface area contributed by atoms with Crippen LogP contribution < -0.4 is 5.32 Å². The van der Waals surface area contributed by atoms with Crippen molar-refractivity contribution in [3.63, 3.8) is 0 Å². The quantitative estimate of drug-likeness (QED) is 0.555. The van der Waals surface area contributed by atoms with Crippen molar-refractivity contribution in [1.82, 2.24) is 0 Å². The summed E-state index contributed by atoms with van der Waals surface area (Å²) in [6.07, 6.45) is 0. The molecule has 1 aromatic heterocycles. The van der Waals surface area contributed by atoms with E-state index in [2.05, 4.69) is 10.1 Å². The third-order valence-electron chi connectivity index (χ3n) is 2.83. The number of hydrogen-bond donors (Lipinski definition) is 1. The Morgan fingerprint density at radius 2 is 1.79 bits per heavy atom. The van der Waals surface area contributed by atoms with Gasteiger partial charge in [-0.05, 0) is 26.3 Å². The number of amides is 1. The van der Waals surface area contributed by atoms with Crippen molar-refractivity contribution in [2.45, 2.75) is 20.8 Å². The van der Waals surface area contributed by atoms with Crippen LogP contribution in [-0.2, 0) is 23.8 Å². The number of methoxy groups -OCH3 is 1. The van der Waals surface area contributed by atoms with Gasteiger partial charge in [0, 0.05) is 7.11 Å². The zero-order valence-electron chi connectivity index (χ0n) is 13.9. The van der Waals surface area contributed by atoms with E-state index >= 15 is 0 Å². The molecule has 8 nitrogen and oxygen atoms in total. The third kappa shape index (κ3) is 5.14. The first kappa shape index (κ1) is 19.8. The lowest BCUT2D eigenvalue weighted by atomic mass is 10.1. The van der Waals surface area contributed by atoms with Gasteiger partial charge < -0.3 is 19.5 Å². The predicted molar refractivity (Wildman–Crippen MR) is 86.5 cm³/mol.